The second-order valence-corrected chi connectivity index (χ2v) is 6.01. The second kappa shape index (κ2) is 6.02. The van der Waals surface area contributed by atoms with E-state index in [1.807, 2.05) is 15.9 Å². The summed E-state index contributed by atoms with van der Waals surface area (Å²) in [5, 5.41) is 0. The molecule has 2 heterocycles. The molecule has 2 aliphatic heterocycles. The minimum Gasteiger partial charge on any atom is -0.366 e. The molecule has 114 valence electrons. The molecule has 2 aliphatic rings. The highest BCUT2D eigenvalue weighted by molar-refractivity contribution is 5.79. The summed E-state index contributed by atoms with van der Waals surface area (Å²) in [6.45, 7) is 4.66. The lowest BCUT2D eigenvalue weighted by atomic mass is 10.1. The van der Waals surface area contributed by atoms with E-state index in [0.717, 1.165) is 19.5 Å². The van der Waals surface area contributed by atoms with Gasteiger partial charge < -0.3 is 14.7 Å². The molecule has 0 N–H and O–H groups in total. The van der Waals surface area contributed by atoms with Gasteiger partial charge in [0.05, 0.1) is 11.6 Å². The van der Waals surface area contributed by atoms with Crippen molar-refractivity contribution in [2.24, 2.45) is 5.92 Å². The maximum atomic E-state index is 13.8. The van der Waals surface area contributed by atoms with Crippen molar-refractivity contribution in [3.8, 4) is 0 Å². The fourth-order valence-electron chi connectivity index (χ4n) is 3.27. The number of carbonyl (C=O) groups is 1. The van der Waals surface area contributed by atoms with E-state index in [2.05, 4.69) is 11.9 Å². The number of rotatable bonds is 2. The smallest absolute Gasteiger partial charge is 0.227 e. The van der Waals surface area contributed by atoms with E-state index >= 15 is 0 Å². The molecular weight excluding hydrogens is 269 g/mol. The molecule has 4 nitrogen and oxygen atoms in total. The number of benzene rings is 1. The molecule has 2 fully saturated rings. The lowest BCUT2D eigenvalue weighted by Crippen LogP contribution is -2.50. The lowest BCUT2D eigenvalue weighted by Gasteiger charge is -2.37. The van der Waals surface area contributed by atoms with E-state index in [-0.39, 0.29) is 17.6 Å². The van der Waals surface area contributed by atoms with Crippen LogP contribution in [0.15, 0.2) is 24.3 Å². The molecule has 0 radical (unpaired) electrons. The number of hydrogen-bond acceptors (Lipinski definition) is 3. The van der Waals surface area contributed by atoms with E-state index in [4.69, 9.17) is 0 Å². The molecule has 21 heavy (non-hydrogen) atoms. The first-order valence-corrected chi connectivity index (χ1v) is 7.62. The largest absolute Gasteiger partial charge is 0.366 e. The topological polar surface area (TPSA) is 26.8 Å². The Balaban J connectivity index is 1.58. The predicted octanol–water partition coefficient (Wildman–Crippen LogP) is 1.43. The van der Waals surface area contributed by atoms with E-state index in [1.165, 1.54) is 6.07 Å². The van der Waals surface area contributed by atoms with Gasteiger partial charge in [-0.1, -0.05) is 12.1 Å². The lowest BCUT2D eigenvalue weighted by molar-refractivity contribution is -0.135. The van der Waals surface area contributed by atoms with Crippen molar-refractivity contribution in [3.05, 3.63) is 30.1 Å². The number of halogens is 1. The van der Waals surface area contributed by atoms with Crippen molar-refractivity contribution >= 4 is 11.6 Å². The summed E-state index contributed by atoms with van der Waals surface area (Å²) in [4.78, 5) is 18.6. The number of amides is 1. The van der Waals surface area contributed by atoms with Crippen molar-refractivity contribution in [1.82, 2.24) is 9.80 Å². The molecular formula is C16H22FN3O. The summed E-state index contributed by atoms with van der Waals surface area (Å²) in [6, 6.07) is 6.85. The minimum absolute atomic E-state index is 0.148. The second-order valence-electron chi connectivity index (χ2n) is 6.01. The van der Waals surface area contributed by atoms with Crippen LogP contribution < -0.4 is 4.90 Å². The maximum absolute atomic E-state index is 13.8. The van der Waals surface area contributed by atoms with Gasteiger partial charge in [0.2, 0.25) is 5.91 Å². The fourth-order valence-corrected chi connectivity index (χ4v) is 3.27. The molecule has 5 heteroatoms. The SMILES string of the molecule is CN1CCC(C(=O)N2CCN(c3ccccc3F)CC2)C1. The highest BCUT2D eigenvalue weighted by atomic mass is 19.1. The minimum atomic E-state index is -0.185. The summed E-state index contributed by atoms with van der Waals surface area (Å²) in [5.41, 5.74) is 0.644. The van der Waals surface area contributed by atoms with E-state index in [0.29, 0.717) is 31.9 Å². The van der Waals surface area contributed by atoms with Crippen LogP contribution in [0.4, 0.5) is 10.1 Å². The number of likely N-dealkylation sites (tertiary alicyclic amines) is 1. The van der Waals surface area contributed by atoms with Crippen LogP contribution in [0.5, 0.6) is 0 Å². The first-order valence-electron chi connectivity index (χ1n) is 7.62. The van der Waals surface area contributed by atoms with Gasteiger partial charge in [-0.3, -0.25) is 4.79 Å². The third-order valence-corrected chi connectivity index (χ3v) is 4.53. The van der Waals surface area contributed by atoms with Crippen molar-refractivity contribution in [2.75, 3.05) is 51.2 Å². The van der Waals surface area contributed by atoms with Crippen molar-refractivity contribution in [2.45, 2.75) is 6.42 Å². The Labute approximate surface area is 125 Å². The zero-order valence-corrected chi connectivity index (χ0v) is 12.5. The number of piperazine rings is 1. The molecule has 0 aliphatic carbocycles. The van der Waals surface area contributed by atoms with Crippen molar-refractivity contribution in [3.63, 3.8) is 0 Å². The van der Waals surface area contributed by atoms with Crippen LogP contribution in [0.3, 0.4) is 0 Å². The van der Waals surface area contributed by atoms with Crippen LogP contribution in [0.1, 0.15) is 6.42 Å². The molecule has 1 amide bonds. The Bertz CT molecular complexity index is 514. The highest BCUT2D eigenvalue weighted by Gasteiger charge is 2.31. The molecule has 2 saturated heterocycles. The molecule has 0 bridgehead atoms. The summed E-state index contributed by atoms with van der Waals surface area (Å²) in [7, 11) is 2.06. The third-order valence-electron chi connectivity index (χ3n) is 4.53. The molecule has 1 aromatic carbocycles. The summed E-state index contributed by atoms with van der Waals surface area (Å²) in [5.74, 6) is 0.234. The van der Waals surface area contributed by atoms with Crippen LogP contribution in [0.25, 0.3) is 0 Å². The first kappa shape index (κ1) is 14.3. The molecule has 1 aromatic rings. The van der Waals surface area contributed by atoms with Crippen LogP contribution in [0.2, 0.25) is 0 Å². The molecule has 1 atom stereocenters. The van der Waals surface area contributed by atoms with Gasteiger partial charge in [-0.2, -0.15) is 0 Å². The Morgan fingerprint density at radius 3 is 2.48 bits per heavy atom. The van der Waals surface area contributed by atoms with Gasteiger partial charge in [-0.05, 0) is 32.1 Å². The van der Waals surface area contributed by atoms with Gasteiger partial charge in [0.25, 0.3) is 0 Å². The molecule has 0 spiro atoms. The standard InChI is InChI=1S/C16H22FN3O/c1-18-7-6-13(12-18)16(21)20-10-8-19(9-11-20)15-5-3-2-4-14(15)17/h2-5,13H,6-12H2,1H3. The number of nitrogens with zero attached hydrogens (tertiary/aromatic N) is 3. The van der Waals surface area contributed by atoms with Gasteiger partial charge >= 0.3 is 0 Å². The zero-order chi connectivity index (χ0) is 14.8. The maximum Gasteiger partial charge on any atom is 0.227 e. The monoisotopic (exact) mass is 291 g/mol. The number of anilines is 1. The average Bonchev–Trinajstić information content (AvgIpc) is 2.94. The Hall–Kier alpha value is -1.62. The quantitative estimate of drug-likeness (QED) is 0.825. The van der Waals surface area contributed by atoms with Crippen molar-refractivity contribution in [1.29, 1.82) is 0 Å². The molecule has 0 saturated carbocycles. The van der Waals surface area contributed by atoms with E-state index in [9.17, 15) is 9.18 Å². The summed E-state index contributed by atoms with van der Waals surface area (Å²) < 4.78 is 13.8. The van der Waals surface area contributed by atoms with Crippen LogP contribution >= 0.6 is 0 Å². The zero-order valence-electron chi connectivity index (χ0n) is 12.5. The normalized spacial score (nSPS) is 23.6. The van der Waals surface area contributed by atoms with E-state index < -0.39 is 0 Å². The molecule has 0 aromatic heterocycles. The van der Waals surface area contributed by atoms with Crippen molar-refractivity contribution < 1.29 is 9.18 Å². The number of hydrogen-bond donors (Lipinski definition) is 0. The van der Waals surface area contributed by atoms with Gasteiger partial charge in [0, 0.05) is 32.7 Å². The van der Waals surface area contributed by atoms with Gasteiger partial charge in [0.1, 0.15) is 5.82 Å². The fraction of sp³-hybridized carbons (Fsp3) is 0.562. The predicted molar refractivity (Wildman–Crippen MR) is 80.8 cm³/mol. The first-order chi connectivity index (χ1) is 10.1. The summed E-state index contributed by atoms with van der Waals surface area (Å²) in [6.07, 6.45) is 0.961. The number of carbonyl (C=O) groups excluding carboxylic acids is 1. The molecule has 3 rings (SSSR count). The number of para-hydroxylation sites is 1. The van der Waals surface area contributed by atoms with Crippen LogP contribution in [0, 0.1) is 11.7 Å². The summed E-state index contributed by atoms with van der Waals surface area (Å²) >= 11 is 0. The highest BCUT2D eigenvalue weighted by Crippen LogP contribution is 2.22. The Morgan fingerprint density at radius 1 is 1.14 bits per heavy atom. The van der Waals surface area contributed by atoms with Gasteiger partial charge in [-0.15, -0.1) is 0 Å². The van der Waals surface area contributed by atoms with Gasteiger partial charge in [0.15, 0.2) is 0 Å². The Morgan fingerprint density at radius 2 is 1.86 bits per heavy atom. The third kappa shape index (κ3) is 3.02. The molecule has 1 unspecified atom stereocenters. The Kier molecular flexibility index (Phi) is 4.10. The average molecular weight is 291 g/mol. The van der Waals surface area contributed by atoms with Crippen LogP contribution in [-0.4, -0.2) is 62.0 Å². The van der Waals surface area contributed by atoms with E-state index in [1.54, 1.807) is 12.1 Å². The van der Waals surface area contributed by atoms with Crippen LogP contribution in [-0.2, 0) is 4.79 Å². The van der Waals surface area contributed by atoms with Gasteiger partial charge in [-0.25, -0.2) is 4.39 Å².